The van der Waals surface area contributed by atoms with Gasteiger partial charge in [0, 0.05) is 31.3 Å². The molecule has 6 atom stereocenters. The summed E-state index contributed by atoms with van der Waals surface area (Å²) in [5.41, 5.74) is 4.56. The van der Waals surface area contributed by atoms with Crippen LogP contribution >= 0.6 is 0 Å². The Labute approximate surface area is 237 Å². The number of amides is 1. The van der Waals surface area contributed by atoms with Crippen LogP contribution in [0.2, 0.25) is 0 Å². The van der Waals surface area contributed by atoms with Crippen molar-refractivity contribution in [2.24, 2.45) is 29.4 Å². The number of aromatic hydroxyl groups is 1. The number of carbonyl (C=O) groups is 5. The third-order valence-electron chi connectivity index (χ3n) is 8.63. The highest BCUT2D eigenvalue weighted by atomic mass is 16.3. The number of rotatable bonds is 3. The molecule has 5 rings (SSSR count). The number of hydrogen-bond acceptors (Lipinski definition) is 9. The molecular weight excluding hydrogens is 526 g/mol. The molecule has 2 fully saturated rings. The van der Waals surface area contributed by atoms with E-state index in [1.807, 2.05) is 18.2 Å². The van der Waals surface area contributed by atoms with Crippen molar-refractivity contribution in [1.82, 2.24) is 4.90 Å². The highest BCUT2D eigenvalue weighted by Gasteiger charge is 2.69. The lowest BCUT2D eigenvalue weighted by Crippen LogP contribution is -2.74. The van der Waals surface area contributed by atoms with Crippen LogP contribution < -0.4 is 10.6 Å². The molecule has 3 aliphatic carbocycles. The molecule has 10 nitrogen and oxygen atoms in total. The Hall–Kier alpha value is -4.33. The van der Waals surface area contributed by atoms with Crippen LogP contribution in [-0.2, 0) is 25.6 Å². The maximum Gasteiger partial charge on any atom is 0.235 e. The van der Waals surface area contributed by atoms with Crippen LogP contribution in [0.15, 0.2) is 36.4 Å². The van der Waals surface area contributed by atoms with E-state index in [-0.39, 0.29) is 29.7 Å². The summed E-state index contributed by atoms with van der Waals surface area (Å²) in [5.74, 6) is -4.94. The van der Waals surface area contributed by atoms with Crippen LogP contribution in [0.4, 0.5) is 5.69 Å². The Bertz CT molecular complexity index is 1570. The lowest BCUT2D eigenvalue weighted by Gasteiger charge is -2.52. The minimum atomic E-state index is -2.76. The summed E-state index contributed by atoms with van der Waals surface area (Å²) in [5, 5.41) is 23.0. The number of hydrogen-bond donors (Lipinski definition) is 3. The lowest BCUT2D eigenvalue weighted by atomic mass is 9.52. The molecule has 2 aromatic carbocycles. The number of phenolic OH excluding ortho intramolecular Hbond substituents is 1. The van der Waals surface area contributed by atoms with E-state index in [9.17, 15) is 34.2 Å². The molecular formula is C31H31N3O7. The molecule has 10 heteroatoms. The van der Waals surface area contributed by atoms with Gasteiger partial charge in [-0.25, -0.2) is 0 Å². The number of phenols is 1. The fraction of sp³-hybridized carbons (Fsp3) is 0.387. The van der Waals surface area contributed by atoms with E-state index in [0.29, 0.717) is 16.8 Å². The van der Waals surface area contributed by atoms with E-state index in [0.717, 1.165) is 0 Å². The van der Waals surface area contributed by atoms with Crippen molar-refractivity contribution in [3.05, 3.63) is 58.7 Å². The van der Waals surface area contributed by atoms with E-state index >= 15 is 0 Å². The first-order valence-corrected chi connectivity index (χ1v) is 13.3. The number of ketones is 4. The number of fused-ring (bicyclic) bond motifs is 3. The van der Waals surface area contributed by atoms with Crippen LogP contribution in [0, 0.1) is 35.5 Å². The molecule has 0 bridgehead atoms. The van der Waals surface area contributed by atoms with Gasteiger partial charge in [-0.3, -0.25) is 28.9 Å². The molecule has 3 aliphatic rings. The molecule has 0 radical (unpaired) electrons. The zero-order valence-corrected chi connectivity index (χ0v) is 23.2. The number of anilines is 1. The standard InChI is InChI=1S/C31H31N3O7/c1-33(2)20-14-16(11-10-15-8-6-5-7-9-15)25(35)22-18(20)12-17-13-19-24(34(3)4)27(37)23(30(32)40)29(39)31(19,41)28(38)21(17)26(22)36/h5-9,14,17,19,21,23-24,35,41H,12-13H2,1-4H3,(H2,32,40). The third kappa shape index (κ3) is 4.15. The van der Waals surface area contributed by atoms with Gasteiger partial charge in [-0.05, 0) is 56.6 Å². The number of nitrogens with two attached hydrogens (primary N) is 1. The predicted octanol–water partition coefficient (Wildman–Crippen LogP) is 0.333. The SMILES string of the molecule is CN(C)c1cc(C#Cc2ccccc2)c(O)c2c1CC1CC3C(N(C)C)C(=O)C(C(N)=O)C(=O)C3(O)C(=O)C1C2=O. The summed E-state index contributed by atoms with van der Waals surface area (Å²) in [6.45, 7) is 0. The monoisotopic (exact) mass is 557 g/mol. The summed E-state index contributed by atoms with van der Waals surface area (Å²) < 4.78 is 0. The molecule has 4 N–H and O–H groups in total. The third-order valence-corrected chi connectivity index (χ3v) is 8.63. The Morgan fingerprint density at radius 2 is 1.68 bits per heavy atom. The van der Waals surface area contributed by atoms with Crippen molar-refractivity contribution in [2.75, 3.05) is 33.1 Å². The van der Waals surface area contributed by atoms with Gasteiger partial charge in [-0.15, -0.1) is 0 Å². The molecule has 2 saturated carbocycles. The summed E-state index contributed by atoms with van der Waals surface area (Å²) in [4.78, 5) is 70.1. The second-order valence-electron chi connectivity index (χ2n) is 11.4. The first-order chi connectivity index (χ1) is 19.3. The van der Waals surface area contributed by atoms with Gasteiger partial charge in [0.15, 0.2) is 34.7 Å². The van der Waals surface area contributed by atoms with Gasteiger partial charge in [0.1, 0.15) is 5.75 Å². The Morgan fingerprint density at radius 3 is 2.27 bits per heavy atom. The molecule has 2 aromatic rings. The smallest absolute Gasteiger partial charge is 0.235 e. The molecule has 41 heavy (non-hydrogen) atoms. The molecule has 212 valence electrons. The van der Waals surface area contributed by atoms with Crippen LogP contribution in [0.5, 0.6) is 5.75 Å². The maximum absolute atomic E-state index is 14.1. The number of Topliss-reactive ketones (excluding diaryl/α,β-unsaturated/α-hetero) is 4. The number of aliphatic hydroxyl groups is 1. The molecule has 0 aliphatic heterocycles. The zero-order chi connectivity index (χ0) is 30.0. The minimum Gasteiger partial charge on any atom is -0.506 e. The summed E-state index contributed by atoms with van der Waals surface area (Å²) in [6.07, 6.45) is 0.173. The van der Waals surface area contributed by atoms with Crippen molar-refractivity contribution in [3.8, 4) is 17.6 Å². The summed E-state index contributed by atoms with van der Waals surface area (Å²) in [7, 11) is 6.67. The largest absolute Gasteiger partial charge is 0.506 e. The van der Waals surface area contributed by atoms with Gasteiger partial charge in [0.2, 0.25) is 5.91 Å². The molecule has 0 spiro atoms. The maximum atomic E-state index is 14.1. The average Bonchev–Trinajstić information content (AvgIpc) is 2.90. The van der Waals surface area contributed by atoms with Crippen molar-refractivity contribution in [1.29, 1.82) is 0 Å². The molecule has 0 heterocycles. The molecule has 0 aromatic heterocycles. The highest BCUT2D eigenvalue weighted by Crippen LogP contribution is 2.52. The minimum absolute atomic E-state index is 0.00686. The van der Waals surface area contributed by atoms with Crippen molar-refractivity contribution in [3.63, 3.8) is 0 Å². The lowest BCUT2D eigenvalue weighted by molar-refractivity contribution is -0.181. The number of likely N-dealkylation sites (N-methyl/N-ethyl adjacent to an activating group) is 1. The fourth-order valence-electron chi connectivity index (χ4n) is 6.81. The topological polar surface area (TPSA) is 158 Å². The van der Waals surface area contributed by atoms with Gasteiger partial charge >= 0.3 is 0 Å². The first kappa shape index (κ1) is 28.2. The Kier molecular flexibility index (Phi) is 6.84. The fourth-order valence-corrected chi connectivity index (χ4v) is 6.81. The van der Waals surface area contributed by atoms with E-state index in [1.54, 1.807) is 51.3 Å². The first-order valence-electron chi connectivity index (χ1n) is 13.3. The van der Waals surface area contributed by atoms with Gasteiger partial charge in [0.25, 0.3) is 0 Å². The molecule has 6 unspecified atom stereocenters. The van der Waals surface area contributed by atoms with Gasteiger partial charge in [-0.2, -0.15) is 0 Å². The van der Waals surface area contributed by atoms with Gasteiger partial charge in [0.05, 0.1) is 23.1 Å². The molecule has 0 saturated heterocycles. The molecule has 1 amide bonds. The summed E-state index contributed by atoms with van der Waals surface area (Å²) in [6, 6.07) is 9.63. The number of carbonyl (C=O) groups excluding carboxylic acids is 5. The quantitative estimate of drug-likeness (QED) is 0.357. The van der Waals surface area contributed by atoms with Crippen LogP contribution in [0.1, 0.15) is 33.5 Å². The normalized spacial score (nSPS) is 28.8. The zero-order valence-electron chi connectivity index (χ0n) is 23.2. The second-order valence-corrected chi connectivity index (χ2v) is 11.4. The van der Waals surface area contributed by atoms with Crippen LogP contribution in [-0.4, -0.2) is 84.0 Å². The van der Waals surface area contributed by atoms with E-state index in [1.165, 1.54) is 4.90 Å². The average molecular weight is 558 g/mol. The summed E-state index contributed by atoms with van der Waals surface area (Å²) >= 11 is 0. The van der Waals surface area contributed by atoms with Gasteiger partial charge < -0.3 is 20.8 Å². The van der Waals surface area contributed by atoms with Crippen LogP contribution in [0.25, 0.3) is 0 Å². The van der Waals surface area contributed by atoms with E-state index in [4.69, 9.17) is 5.73 Å². The van der Waals surface area contributed by atoms with E-state index < -0.39 is 64.4 Å². The van der Waals surface area contributed by atoms with Crippen molar-refractivity contribution in [2.45, 2.75) is 24.5 Å². The van der Waals surface area contributed by atoms with E-state index in [2.05, 4.69) is 11.8 Å². The predicted molar refractivity (Wildman–Crippen MR) is 148 cm³/mol. The second kappa shape index (κ2) is 9.94. The van der Waals surface area contributed by atoms with Crippen LogP contribution in [0.3, 0.4) is 0 Å². The number of primary amides is 1. The Balaban J connectivity index is 1.65. The van der Waals surface area contributed by atoms with Crippen molar-refractivity contribution < 1.29 is 34.2 Å². The number of benzene rings is 2. The Morgan fingerprint density at radius 1 is 1.02 bits per heavy atom. The van der Waals surface area contributed by atoms with Crippen molar-refractivity contribution >= 4 is 34.7 Å². The van der Waals surface area contributed by atoms with Gasteiger partial charge in [-0.1, -0.05) is 30.0 Å². The highest BCUT2D eigenvalue weighted by molar-refractivity contribution is 6.32. The number of nitrogens with zero attached hydrogens (tertiary/aromatic N) is 2.